The molecule has 0 aromatic heterocycles. The summed E-state index contributed by atoms with van der Waals surface area (Å²) < 4.78 is 17.0. The van der Waals surface area contributed by atoms with E-state index >= 15 is 0 Å². The average molecular weight is 834 g/mol. The van der Waals surface area contributed by atoms with Gasteiger partial charge in [-0.1, -0.05) is 155 Å². The van der Waals surface area contributed by atoms with Gasteiger partial charge in [0.2, 0.25) is 0 Å². The van der Waals surface area contributed by atoms with E-state index in [0.717, 1.165) is 64.2 Å². The van der Waals surface area contributed by atoms with Crippen molar-refractivity contribution in [2.24, 2.45) is 0 Å². The molecule has 0 saturated heterocycles. The summed E-state index contributed by atoms with van der Waals surface area (Å²) in [6, 6.07) is -0.749. The lowest BCUT2D eigenvalue weighted by molar-refractivity contribution is -0.889. The average Bonchev–Trinajstić information content (AvgIpc) is 3.21. The Labute approximate surface area is 366 Å². The fraction of sp³-hybridized carbons (Fsp3) is 0.596. The molecular weight excluding hydrogens is 751 g/mol. The summed E-state index contributed by atoms with van der Waals surface area (Å²) >= 11 is 0. The van der Waals surface area contributed by atoms with Crippen molar-refractivity contribution in [3.05, 3.63) is 109 Å². The van der Waals surface area contributed by atoms with Gasteiger partial charge in [0.25, 0.3) is 0 Å². The van der Waals surface area contributed by atoms with Crippen molar-refractivity contribution in [1.82, 2.24) is 0 Å². The van der Waals surface area contributed by atoms with Gasteiger partial charge < -0.3 is 28.6 Å². The second kappa shape index (κ2) is 41.7. The summed E-state index contributed by atoms with van der Waals surface area (Å²) in [7, 11) is 5.36. The van der Waals surface area contributed by atoms with Gasteiger partial charge in [0.1, 0.15) is 12.6 Å². The molecule has 0 N–H and O–H groups in total. The number of rotatable bonds is 39. The molecule has 0 rings (SSSR count). The molecule has 0 radical (unpaired) electrons. The summed E-state index contributed by atoms with van der Waals surface area (Å²) in [5.74, 6) is -1.91. The molecule has 8 nitrogen and oxygen atoms in total. The minimum atomic E-state index is -1.15. The molecule has 0 saturated carbocycles. The Kier molecular flexibility index (Phi) is 38.9. The van der Waals surface area contributed by atoms with Gasteiger partial charge in [-0.3, -0.25) is 9.59 Å². The molecule has 0 heterocycles. The molecule has 0 amide bonds. The van der Waals surface area contributed by atoms with Crippen LogP contribution in [0.5, 0.6) is 0 Å². The van der Waals surface area contributed by atoms with Crippen LogP contribution in [0, 0.1) is 0 Å². The minimum absolute atomic E-state index is 0.00744. The molecule has 0 bridgehead atoms. The number of hydrogen-bond donors (Lipinski definition) is 0. The quantitative estimate of drug-likeness (QED) is 0.0263. The van der Waals surface area contributed by atoms with Crippen molar-refractivity contribution in [2.45, 2.75) is 161 Å². The highest BCUT2D eigenvalue weighted by atomic mass is 16.6. The standard InChI is InChI=1S/C52H83NO7/c1-6-8-10-12-14-16-18-20-21-22-23-24-25-26-27-28-29-31-32-34-36-38-40-42-50(54)59-47-48(46-58-45-44-49(52(56)57)53(3,4)5)60-51(55)43-41-39-37-35-33-30-19-17-15-13-11-9-7-2/h8,10,14,16,20-21,23-24,26-27,29-31,33-34,36-37,39,48-49H,6-7,9,11-13,15,17-19,22,25,28,32,35,38,40-47H2,1-5H3/b10-8+,16-14+,21-20+,24-23+,27-26+,31-29+,33-30+,36-34+,39-37+. The van der Waals surface area contributed by atoms with E-state index in [2.05, 4.69) is 117 Å². The van der Waals surface area contributed by atoms with Crippen LogP contribution in [0.25, 0.3) is 0 Å². The van der Waals surface area contributed by atoms with E-state index in [1.54, 1.807) is 21.1 Å². The lowest BCUT2D eigenvalue weighted by Gasteiger charge is -2.34. The lowest BCUT2D eigenvalue weighted by atomic mass is 10.1. The maximum Gasteiger partial charge on any atom is 0.306 e. The Hall–Kier alpha value is -4.01. The van der Waals surface area contributed by atoms with Gasteiger partial charge in [-0.15, -0.1) is 0 Å². The Balaban J connectivity index is 4.48. The zero-order chi connectivity index (χ0) is 44.2. The minimum Gasteiger partial charge on any atom is -0.544 e. The van der Waals surface area contributed by atoms with Crippen molar-refractivity contribution < 1.29 is 38.2 Å². The highest BCUT2D eigenvalue weighted by Gasteiger charge is 2.25. The molecule has 338 valence electrons. The van der Waals surface area contributed by atoms with Gasteiger partial charge in [0.05, 0.1) is 40.3 Å². The number of carboxylic acids is 1. The molecule has 0 fully saturated rings. The first-order chi connectivity index (χ1) is 29.1. The van der Waals surface area contributed by atoms with E-state index in [9.17, 15) is 19.5 Å². The summed E-state index contributed by atoms with van der Waals surface area (Å²) in [6.07, 6.45) is 57.1. The fourth-order valence-electron chi connectivity index (χ4n) is 5.88. The molecule has 0 aliphatic carbocycles. The molecule has 0 aromatic rings. The zero-order valence-electron chi connectivity index (χ0n) is 38.3. The summed E-state index contributed by atoms with van der Waals surface area (Å²) in [5, 5.41) is 11.6. The Morgan fingerprint density at radius 2 is 0.967 bits per heavy atom. The van der Waals surface area contributed by atoms with Crippen LogP contribution in [0.1, 0.15) is 149 Å². The molecule has 0 aliphatic rings. The molecule has 0 spiro atoms. The molecule has 0 aliphatic heterocycles. The number of aliphatic carboxylic acids is 1. The Morgan fingerprint density at radius 3 is 1.45 bits per heavy atom. The highest BCUT2D eigenvalue weighted by molar-refractivity contribution is 5.70. The first kappa shape index (κ1) is 56.0. The Morgan fingerprint density at radius 1 is 0.517 bits per heavy atom. The van der Waals surface area contributed by atoms with Crippen molar-refractivity contribution in [2.75, 3.05) is 41.0 Å². The second-order valence-electron chi connectivity index (χ2n) is 15.9. The second-order valence-corrected chi connectivity index (χ2v) is 15.9. The molecule has 8 heteroatoms. The van der Waals surface area contributed by atoms with Gasteiger partial charge in [0, 0.05) is 19.3 Å². The monoisotopic (exact) mass is 834 g/mol. The van der Waals surface area contributed by atoms with Crippen LogP contribution < -0.4 is 5.11 Å². The third-order valence-corrected chi connectivity index (χ3v) is 9.41. The molecule has 60 heavy (non-hydrogen) atoms. The number of esters is 2. The van der Waals surface area contributed by atoms with Gasteiger partial charge in [-0.2, -0.15) is 0 Å². The van der Waals surface area contributed by atoms with Crippen LogP contribution in [-0.4, -0.2) is 75.5 Å². The summed E-state index contributed by atoms with van der Waals surface area (Å²) in [6.45, 7) is 4.39. The number of ether oxygens (including phenoxy) is 3. The third-order valence-electron chi connectivity index (χ3n) is 9.41. The largest absolute Gasteiger partial charge is 0.544 e. The normalized spacial score (nSPS) is 13.9. The maximum atomic E-state index is 12.7. The van der Waals surface area contributed by atoms with Gasteiger partial charge >= 0.3 is 11.9 Å². The predicted octanol–water partition coefficient (Wildman–Crippen LogP) is 11.5. The number of unbranched alkanes of at least 4 members (excludes halogenated alkanes) is 7. The van der Waals surface area contributed by atoms with E-state index in [0.29, 0.717) is 12.8 Å². The van der Waals surface area contributed by atoms with E-state index in [1.807, 2.05) is 6.08 Å². The highest BCUT2D eigenvalue weighted by Crippen LogP contribution is 2.10. The number of hydrogen-bond acceptors (Lipinski definition) is 7. The van der Waals surface area contributed by atoms with Crippen molar-refractivity contribution in [1.29, 1.82) is 0 Å². The Bertz CT molecular complexity index is 1340. The van der Waals surface area contributed by atoms with E-state index in [1.165, 1.54) is 38.5 Å². The fourth-order valence-corrected chi connectivity index (χ4v) is 5.88. The smallest absolute Gasteiger partial charge is 0.306 e. The topological polar surface area (TPSA) is 102 Å². The number of nitrogens with zero attached hydrogens (tertiary/aromatic N) is 1. The maximum absolute atomic E-state index is 12.7. The van der Waals surface area contributed by atoms with Crippen LogP contribution in [0.4, 0.5) is 0 Å². The van der Waals surface area contributed by atoms with Crippen LogP contribution >= 0.6 is 0 Å². The number of carbonyl (C=O) groups is 3. The number of allylic oxidation sites excluding steroid dienone is 18. The molecule has 2 atom stereocenters. The summed E-state index contributed by atoms with van der Waals surface area (Å²) in [4.78, 5) is 36.8. The third kappa shape index (κ3) is 39.5. The number of carboxylic acid groups (broad SMARTS) is 1. The first-order valence-electron chi connectivity index (χ1n) is 22.9. The van der Waals surface area contributed by atoms with E-state index in [4.69, 9.17) is 14.2 Å². The van der Waals surface area contributed by atoms with Crippen molar-refractivity contribution in [3.63, 3.8) is 0 Å². The van der Waals surface area contributed by atoms with E-state index < -0.39 is 24.1 Å². The molecule has 2 unspecified atom stereocenters. The van der Waals surface area contributed by atoms with Gasteiger partial charge in [-0.05, 0) is 83.5 Å². The van der Waals surface area contributed by atoms with Crippen LogP contribution in [0.3, 0.4) is 0 Å². The van der Waals surface area contributed by atoms with Crippen LogP contribution in [0.15, 0.2) is 109 Å². The van der Waals surface area contributed by atoms with Crippen molar-refractivity contribution >= 4 is 17.9 Å². The number of quaternary nitrogens is 1. The zero-order valence-corrected chi connectivity index (χ0v) is 38.3. The van der Waals surface area contributed by atoms with Crippen LogP contribution in [-0.2, 0) is 28.6 Å². The lowest BCUT2D eigenvalue weighted by Crippen LogP contribution is -2.55. The number of likely N-dealkylation sites (N-methyl/N-ethyl adjacent to an activating group) is 1. The van der Waals surface area contributed by atoms with Gasteiger partial charge in [-0.25, -0.2) is 0 Å². The van der Waals surface area contributed by atoms with Gasteiger partial charge in [0.15, 0.2) is 6.10 Å². The predicted molar refractivity (Wildman–Crippen MR) is 249 cm³/mol. The molecular formula is C52H83NO7. The SMILES string of the molecule is CC/C=C/C/C=C/C/C=C/C/C=C/C/C=C/C/C=C/C/C=C/CCCC(=O)OCC(COCCC(C(=O)[O-])[N+](C)(C)C)OC(=O)CC/C=C/C/C=C/CCCCCCCC. The number of carbonyl (C=O) groups excluding carboxylic acids is 3. The van der Waals surface area contributed by atoms with Crippen molar-refractivity contribution in [3.8, 4) is 0 Å². The van der Waals surface area contributed by atoms with Crippen LogP contribution in [0.2, 0.25) is 0 Å². The van der Waals surface area contributed by atoms with E-state index in [-0.39, 0.29) is 49.5 Å². The molecule has 0 aromatic carbocycles. The first-order valence-corrected chi connectivity index (χ1v) is 22.9. The summed E-state index contributed by atoms with van der Waals surface area (Å²) in [5.41, 5.74) is 0.